The first kappa shape index (κ1) is 26.2. The van der Waals surface area contributed by atoms with Crippen LogP contribution in [0.5, 0.6) is 0 Å². The molecule has 0 radical (unpaired) electrons. The van der Waals surface area contributed by atoms with E-state index in [-0.39, 0.29) is 18.0 Å². The number of hydrogen-bond donors (Lipinski definition) is 0. The highest BCUT2D eigenvalue weighted by molar-refractivity contribution is 5.77. The van der Waals surface area contributed by atoms with E-state index in [1.807, 2.05) is 4.90 Å². The van der Waals surface area contributed by atoms with Crippen LogP contribution in [0.25, 0.3) is 0 Å². The maximum absolute atomic E-state index is 12.6. The van der Waals surface area contributed by atoms with Crippen LogP contribution < -0.4 is 0 Å². The highest BCUT2D eigenvalue weighted by Gasteiger charge is 2.33. The zero-order valence-corrected chi connectivity index (χ0v) is 20.5. The SMILES string of the molecule is CCCCCCCCCCCC(=O)OC(CN1CCCCC1=O)C[N+]1(C)CCCCC1. The van der Waals surface area contributed by atoms with Gasteiger partial charge in [-0.2, -0.15) is 0 Å². The molecule has 0 saturated carbocycles. The van der Waals surface area contributed by atoms with E-state index in [1.54, 1.807) is 0 Å². The fourth-order valence-electron chi connectivity index (χ4n) is 5.21. The van der Waals surface area contributed by atoms with Crippen molar-refractivity contribution in [1.82, 2.24) is 4.90 Å². The van der Waals surface area contributed by atoms with Crippen molar-refractivity contribution in [2.24, 2.45) is 0 Å². The van der Waals surface area contributed by atoms with E-state index >= 15 is 0 Å². The number of nitrogens with zero attached hydrogens (tertiary/aromatic N) is 2. The lowest BCUT2D eigenvalue weighted by molar-refractivity contribution is -0.916. The van der Waals surface area contributed by atoms with Crippen LogP contribution in [0.15, 0.2) is 0 Å². The van der Waals surface area contributed by atoms with Crippen LogP contribution in [0.1, 0.15) is 110 Å². The number of amides is 1. The summed E-state index contributed by atoms with van der Waals surface area (Å²) in [6.07, 6.45) is 18.1. The zero-order valence-electron chi connectivity index (χ0n) is 20.5. The van der Waals surface area contributed by atoms with E-state index in [2.05, 4.69) is 14.0 Å². The Bertz CT molecular complexity index is 517. The molecule has 0 aliphatic carbocycles. The standard InChI is InChI=1S/C26H49N2O3/c1-3-4-5-6-7-8-9-10-12-18-26(30)31-24(22-27-19-14-13-17-25(27)29)23-28(2)20-15-11-16-21-28/h24H,3-23H2,1-2H3/q+1. The molecule has 2 heterocycles. The van der Waals surface area contributed by atoms with Crippen LogP contribution in [-0.2, 0) is 14.3 Å². The molecule has 0 aromatic heterocycles. The second-order valence-electron chi connectivity index (χ2n) is 10.3. The van der Waals surface area contributed by atoms with Gasteiger partial charge < -0.3 is 14.1 Å². The molecule has 2 aliphatic heterocycles. The number of hydrogen-bond acceptors (Lipinski definition) is 3. The molecule has 1 atom stereocenters. The molecule has 2 aliphatic rings. The number of ether oxygens (including phenoxy) is 1. The molecule has 5 nitrogen and oxygen atoms in total. The van der Waals surface area contributed by atoms with Gasteiger partial charge >= 0.3 is 5.97 Å². The molecule has 0 aromatic carbocycles. The third-order valence-corrected chi connectivity index (χ3v) is 7.17. The van der Waals surface area contributed by atoms with E-state index in [0.29, 0.717) is 19.4 Å². The molecular formula is C26H49N2O3+. The van der Waals surface area contributed by atoms with Gasteiger partial charge in [0.05, 0.1) is 26.7 Å². The first-order valence-electron chi connectivity index (χ1n) is 13.3. The Morgan fingerprint density at radius 3 is 2.23 bits per heavy atom. The third-order valence-electron chi connectivity index (χ3n) is 7.17. The van der Waals surface area contributed by atoms with E-state index in [9.17, 15) is 9.59 Å². The summed E-state index contributed by atoms with van der Waals surface area (Å²) in [5.41, 5.74) is 0. The molecule has 5 heteroatoms. The Labute approximate surface area is 191 Å². The molecule has 0 bridgehead atoms. The normalized spacial score (nSPS) is 19.9. The zero-order chi connectivity index (χ0) is 22.4. The summed E-state index contributed by atoms with van der Waals surface area (Å²) in [6.45, 7) is 6.79. The number of piperidine rings is 2. The van der Waals surface area contributed by atoms with Crippen molar-refractivity contribution in [1.29, 1.82) is 0 Å². The first-order valence-corrected chi connectivity index (χ1v) is 13.3. The van der Waals surface area contributed by atoms with E-state index in [1.165, 1.54) is 64.2 Å². The Kier molecular flexibility index (Phi) is 12.5. The van der Waals surface area contributed by atoms with Crippen LogP contribution in [0.4, 0.5) is 0 Å². The molecule has 2 rings (SSSR count). The number of likely N-dealkylation sites (N-methyl/N-ethyl adjacent to an activating group) is 1. The summed E-state index contributed by atoms with van der Waals surface area (Å²) in [5.74, 6) is 0.161. The van der Waals surface area contributed by atoms with Crippen molar-refractivity contribution in [3.05, 3.63) is 0 Å². The summed E-state index contributed by atoms with van der Waals surface area (Å²) in [6, 6.07) is 0. The largest absolute Gasteiger partial charge is 0.454 e. The van der Waals surface area contributed by atoms with Gasteiger partial charge in [0.15, 0.2) is 6.10 Å². The van der Waals surface area contributed by atoms with Gasteiger partial charge in [0, 0.05) is 19.4 Å². The summed E-state index contributed by atoms with van der Waals surface area (Å²) in [7, 11) is 2.29. The number of likely N-dealkylation sites (tertiary alicyclic amines) is 2. The van der Waals surface area contributed by atoms with Gasteiger partial charge in [-0.1, -0.05) is 58.3 Å². The van der Waals surface area contributed by atoms with Crippen LogP contribution in [0, 0.1) is 0 Å². The molecule has 0 N–H and O–H groups in total. The van der Waals surface area contributed by atoms with Crippen LogP contribution >= 0.6 is 0 Å². The number of rotatable bonds is 15. The van der Waals surface area contributed by atoms with Crippen molar-refractivity contribution in [2.45, 2.75) is 116 Å². The number of esters is 1. The first-order chi connectivity index (χ1) is 15.0. The Morgan fingerprint density at radius 2 is 1.58 bits per heavy atom. The lowest BCUT2D eigenvalue weighted by atomic mass is 10.1. The van der Waals surface area contributed by atoms with Crippen LogP contribution in [0.2, 0.25) is 0 Å². The lowest BCUT2D eigenvalue weighted by Gasteiger charge is -2.41. The van der Waals surface area contributed by atoms with Crippen molar-refractivity contribution >= 4 is 11.9 Å². The van der Waals surface area contributed by atoms with Crippen LogP contribution in [0.3, 0.4) is 0 Å². The van der Waals surface area contributed by atoms with Gasteiger partial charge in [-0.15, -0.1) is 0 Å². The minimum Gasteiger partial charge on any atom is -0.454 e. The molecule has 0 spiro atoms. The predicted octanol–water partition coefficient (Wildman–Crippen LogP) is 5.46. The molecular weight excluding hydrogens is 388 g/mol. The highest BCUT2D eigenvalue weighted by atomic mass is 16.5. The van der Waals surface area contributed by atoms with Gasteiger partial charge in [0.25, 0.3) is 0 Å². The minimum atomic E-state index is -0.170. The molecule has 1 amide bonds. The summed E-state index contributed by atoms with van der Waals surface area (Å²) in [5, 5.41) is 0. The minimum absolute atomic E-state index is 0.0685. The number of carbonyl (C=O) groups excluding carboxylic acids is 2. The lowest BCUT2D eigenvalue weighted by Crippen LogP contribution is -2.55. The quantitative estimate of drug-likeness (QED) is 0.194. The highest BCUT2D eigenvalue weighted by Crippen LogP contribution is 2.20. The number of quaternary nitrogens is 1. The molecule has 2 saturated heterocycles. The maximum Gasteiger partial charge on any atom is 0.306 e. The Morgan fingerprint density at radius 1 is 0.935 bits per heavy atom. The smallest absolute Gasteiger partial charge is 0.306 e. The number of carbonyl (C=O) groups is 2. The summed E-state index contributed by atoms with van der Waals surface area (Å²) >= 11 is 0. The van der Waals surface area contributed by atoms with Gasteiger partial charge in [-0.05, 0) is 38.5 Å². The van der Waals surface area contributed by atoms with Crippen molar-refractivity contribution < 1.29 is 18.8 Å². The van der Waals surface area contributed by atoms with Crippen LogP contribution in [-0.4, -0.2) is 67.1 Å². The van der Waals surface area contributed by atoms with Gasteiger partial charge in [0.2, 0.25) is 5.91 Å². The van der Waals surface area contributed by atoms with Crippen molar-refractivity contribution in [2.75, 3.05) is 39.8 Å². The molecule has 31 heavy (non-hydrogen) atoms. The Hall–Kier alpha value is -1.10. The molecule has 2 fully saturated rings. The van der Waals surface area contributed by atoms with Crippen molar-refractivity contribution in [3.8, 4) is 0 Å². The maximum atomic E-state index is 12.6. The molecule has 180 valence electrons. The summed E-state index contributed by atoms with van der Waals surface area (Å²) in [4.78, 5) is 26.9. The second kappa shape index (κ2) is 14.9. The fraction of sp³-hybridized carbons (Fsp3) is 0.923. The van der Waals surface area contributed by atoms with Gasteiger partial charge in [-0.3, -0.25) is 9.59 Å². The molecule has 0 aromatic rings. The van der Waals surface area contributed by atoms with E-state index in [4.69, 9.17) is 4.74 Å². The monoisotopic (exact) mass is 437 g/mol. The van der Waals surface area contributed by atoms with Gasteiger partial charge in [0.1, 0.15) is 6.54 Å². The average Bonchev–Trinajstić information content (AvgIpc) is 2.74. The third kappa shape index (κ3) is 10.9. The summed E-state index contributed by atoms with van der Waals surface area (Å²) < 4.78 is 6.96. The van der Waals surface area contributed by atoms with Crippen molar-refractivity contribution in [3.63, 3.8) is 0 Å². The average molecular weight is 438 g/mol. The Balaban J connectivity index is 1.73. The molecule has 1 unspecified atom stereocenters. The van der Waals surface area contributed by atoms with E-state index in [0.717, 1.165) is 56.3 Å². The fourth-order valence-corrected chi connectivity index (χ4v) is 5.21. The number of unbranched alkanes of at least 4 members (excludes halogenated alkanes) is 8. The predicted molar refractivity (Wildman–Crippen MR) is 127 cm³/mol. The topological polar surface area (TPSA) is 46.6 Å². The van der Waals surface area contributed by atoms with E-state index < -0.39 is 0 Å². The van der Waals surface area contributed by atoms with Gasteiger partial charge in [-0.25, -0.2) is 0 Å². The second-order valence-corrected chi connectivity index (χ2v) is 10.3.